The van der Waals surface area contributed by atoms with Crippen LogP contribution >= 0.6 is 47.2 Å². The van der Waals surface area contributed by atoms with Crippen LogP contribution in [0.15, 0.2) is 35.3 Å². The van der Waals surface area contributed by atoms with Crippen LogP contribution in [0.3, 0.4) is 0 Å². The van der Waals surface area contributed by atoms with Crippen LogP contribution in [0.25, 0.3) is 0 Å². The lowest BCUT2D eigenvalue weighted by Gasteiger charge is -2.20. The van der Waals surface area contributed by atoms with E-state index < -0.39 is 10.0 Å². The summed E-state index contributed by atoms with van der Waals surface area (Å²) in [6.45, 7) is 1.19. The number of hydrogen-bond acceptors (Lipinski definition) is 3. The maximum atomic E-state index is 12.7. The maximum Gasteiger partial charge on any atom is 0.236 e. The highest BCUT2D eigenvalue weighted by Gasteiger charge is 2.28. The zero-order chi connectivity index (χ0) is 20.3. The van der Waals surface area contributed by atoms with E-state index in [0.717, 1.165) is 23.4 Å². The highest BCUT2D eigenvalue weighted by Crippen LogP contribution is 2.29. The normalized spacial score (nSPS) is 13.8. The Kier molecular flexibility index (Phi) is 8.50. The summed E-state index contributed by atoms with van der Waals surface area (Å²) in [7, 11) is 0.0474. The van der Waals surface area contributed by atoms with Crippen LogP contribution in [0.4, 0.5) is 5.69 Å². The SMILES string of the molecule is CN=C(NCCS(=O)(=O)N1CCc2ccccc21)NCc1cc(Cl)c(Cl)n1C.I. The Morgan fingerprint density at radius 2 is 1.97 bits per heavy atom. The van der Waals surface area contributed by atoms with Crippen LogP contribution in [0.1, 0.15) is 11.3 Å². The van der Waals surface area contributed by atoms with Gasteiger partial charge in [0.05, 0.1) is 23.0 Å². The average Bonchev–Trinajstić information content (AvgIpc) is 3.22. The minimum Gasteiger partial charge on any atom is -0.355 e. The second kappa shape index (κ2) is 10.2. The predicted molar refractivity (Wildman–Crippen MR) is 130 cm³/mol. The molecule has 29 heavy (non-hydrogen) atoms. The number of fused-ring (bicyclic) bond motifs is 1. The molecule has 1 aromatic carbocycles. The lowest BCUT2D eigenvalue weighted by atomic mass is 10.2. The fourth-order valence-electron chi connectivity index (χ4n) is 3.16. The van der Waals surface area contributed by atoms with Crippen molar-refractivity contribution in [3.8, 4) is 0 Å². The molecule has 11 heteroatoms. The van der Waals surface area contributed by atoms with Crippen molar-refractivity contribution in [1.82, 2.24) is 15.2 Å². The summed E-state index contributed by atoms with van der Waals surface area (Å²) in [5, 5.41) is 7.13. The van der Waals surface area contributed by atoms with Crippen molar-refractivity contribution >= 4 is 68.8 Å². The first-order chi connectivity index (χ1) is 13.3. The summed E-state index contributed by atoms with van der Waals surface area (Å²) >= 11 is 12.1. The van der Waals surface area contributed by atoms with E-state index in [0.29, 0.717) is 29.2 Å². The molecule has 7 nitrogen and oxygen atoms in total. The second-order valence-corrected chi connectivity index (χ2v) is 9.23. The monoisotopic (exact) mass is 571 g/mol. The third-order valence-electron chi connectivity index (χ3n) is 4.71. The van der Waals surface area contributed by atoms with Gasteiger partial charge in [0.15, 0.2) is 5.96 Å². The van der Waals surface area contributed by atoms with Gasteiger partial charge < -0.3 is 15.2 Å². The molecule has 160 valence electrons. The fourth-order valence-corrected chi connectivity index (χ4v) is 5.00. The Labute approximate surface area is 198 Å². The number of sulfonamides is 1. The van der Waals surface area contributed by atoms with Gasteiger partial charge in [-0.2, -0.15) is 0 Å². The molecule has 0 spiro atoms. The van der Waals surface area contributed by atoms with Crippen LogP contribution in [-0.2, 0) is 30.0 Å². The molecule has 0 unspecified atom stereocenters. The van der Waals surface area contributed by atoms with Gasteiger partial charge in [0.25, 0.3) is 0 Å². The molecule has 0 saturated carbocycles. The molecule has 0 bridgehead atoms. The molecule has 0 atom stereocenters. The average molecular weight is 572 g/mol. The number of benzene rings is 1. The molecular weight excluding hydrogens is 548 g/mol. The highest BCUT2D eigenvalue weighted by atomic mass is 127. The first-order valence-corrected chi connectivity index (χ1v) is 11.2. The molecule has 0 amide bonds. The van der Waals surface area contributed by atoms with E-state index in [9.17, 15) is 8.42 Å². The van der Waals surface area contributed by atoms with Crippen molar-refractivity contribution in [2.75, 3.05) is 30.2 Å². The molecule has 0 radical (unpaired) electrons. The van der Waals surface area contributed by atoms with Gasteiger partial charge in [0.1, 0.15) is 5.15 Å². The van der Waals surface area contributed by atoms with E-state index in [-0.39, 0.29) is 36.3 Å². The topological polar surface area (TPSA) is 78.7 Å². The van der Waals surface area contributed by atoms with E-state index in [1.54, 1.807) is 17.7 Å². The first-order valence-electron chi connectivity index (χ1n) is 8.86. The Hall–Kier alpha value is -1.17. The number of rotatable bonds is 6. The molecule has 2 N–H and O–H groups in total. The molecule has 0 aliphatic carbocycles. The second-order valence-electron chi connectivity index (χ2n) is 6.45. The summed E-state index contributed by atoms with van der Waals surface area (Å²) in [4.78, 5) is 4.13. The quantitative estimate of drug-likeness (QED) is 0.317. The molecule has 1 aromatic heterocycles. The smallest absolute Gasteiger partial charge is 0.236 e. The Balaban J connectivity index is 0.00000300. The van der Waals surface area contributed by atoms with Crippen LogP contribution in [-0.4, -0.2) is 44.8 Å². The van der Waals surface area contributed by atoms with Gasteiger partial charge in [-0.1, -0.05) is 41.4 Å². The molecule has 1 aliphatic rings. The van der Waals surface area contributed by atoms with E-state index in [4.69, 9.17) is 23.2 Å². The highest BCUT2D eigenvalue weighted by molar-refractivity contribution is 14.0. The van der Waals surface area contributed by atoms with Gasteiger partial charge in [-0.05, 0) is 24.1 Å². The number of hydrogen-bond donors (Lipinski definition) is 2. The predicted octanol–water partition coefficient (Wildman–Crippen LogP) is 3.01. The van der Waals surface area contributed by atoms with Gasteiger partial charge in [0, 0.05) is 32.9 Å². The van der Waals surface area contributed by atoms with Crippen LogP contribution in [0.5, 0.6) is 0 Å². The Morgan fingerprint density at radius 1 is 1.24 bits per heavy atom. The lowest BCUT2D eigenvalue weighted by molar-refractivity contribution is 0.590. The molecule has 1 aliphatic heterocycles. The van der Waals surface area contributed by atoms with Crippen LogP contribution in [0, 0.1) is 0 Å². The first kappa shape index (κ1) is 24.1. The van der Waals surface area contributed by atoms with Crippen molar-refractivity contribution < 1.29 is 8.42 Å². The van der Waals surface area contributed by atoms with Gasteiger partial charge in [-0.15, -0.1) is 24.0 Å². The van der Waals surface area contributed by atoms with Crippen molar-refractivity contribution in [2.45, 2.75) is 13.0 Å². The summed E-state index contributed by atoms with van der Waals surface area (Å²) in [6.07, 6.45) is 0.744. The number of nitrogens with one attached hydrogen (secondary N) is 2. The van der Waals surface area contributed by atoms with Gasteiger partial charge >= 0.3 is 0 Å². The lowest BCUT2D eigenvalue weighted by Crippen LogP contribution is -2.41. The number of aliphatic imine (C=N–C) groups is 1. The third-order valence-corrected chi connectivity index (χ3v) is 7.32. The van der Waals surface area contributed by atoms with Gasteiger partial charge in [-0.25, -0.2) is 8.42 Å². The molecule has 0 fully saturated rings. The van der Waals surface area contributed by atoms with E-state index in [2.05, 4.69) is 15.6 Å². The molecule has 0 saturated heterocycles. The number of halogens is 3. The van der Waals surface area contributed by atoms with Crippen molar-refractivity contribution in [3.63, 3.8) is 0 Å². The summed E-state index contributed by atoms with van der Waals surface area (Å²) in [5.74, 6) is 0.481. The number of para-hydroxylation sites is 1. The minimum atomic E-state index is -3.40. The number of guanidine groups is 1. The van der Waals surface area contributed by atoms with Crippen LogP contribution < -0.4 is 14.9 Å². The number of anilines is 1. The Bertz CT molecular complexity index is 994. The summed E-state index contributed by atoms with van der Waals surface area (Å²) < 4.78 is 28.7. The van der Waals surface area contributed by atoms with E-state index in [1.807, 2.05) is 31.3 Å². The minimum absolute atomic E-state index is 0. The molecular formula is C18H24Cl2IN5O2S. The molecule has 2 aromatic rings. The van der Waals surface area contributed by atoms with E-state index in [1.165, 1.54) is 4.31 Å². The zero-order valence-electron chi connectivity index (χ0n) is 16.2. The van der Waals surface area contributed by atoms with Gasteiger partial charge in [-0.3, -0.25) is 9.30 Å². The standard InChI is InChI=1S/C18H23Cl2N5O2S.HI/c1-21-18(23-12-14-11-15(19)17(20)24(14)2)22-8-10-28(26,27)25-9-7-13-5-3-4-6-16(13)25;/h3-6,11H,7-10,12H2,1-2H3,(H2,21,22,23);1H. The third kappa shape index (κ3) is 5.50. The largest absolute Gasteiger partial charge is 0.355 e. The van der Waals surface area contributed by atoms with Crippen molar-refractivity contribution in [1.29, 1.82) is 0 Å². The molecule has 3 rings (SSSR count). The summed E-state index contributed by atoms with van der Waals surface area (Å²) in [6, 6.07) is 9.39. The number of nitrogens with zero attached hydrogens (tertiary/aromatic N) is 3. The Morgan fingerprint density at radius 3 is 2.62 bits per heavy atom. The van der Waals surface area contributed by atoms with E-state index >= 15 is 0 Å². The summed E-state index contributed by atoms with van der Waals surface area (Å²) in [5.41, 5.74) is 2.73. The van der Waals surface area contributed by atoms with Crippen molar-refractivity contribution in [3.05, 3.63) is 51.8 Å². The fraction of sp³-hybridized carbons (Fsp3) is 0.389. The molecule has 2 heterocycles. The van der Waals surface area contributed by atoms with Crippen molar-refractivity contribution in [2.24, 2.45) is 12.0 Å². The van der Waals surface area contributed by atoms with Gasteiger partial charge in [0.2, 0.25) is 10.0 Å². The van der Waals surface area contributed by atoms with Crippen LogP contribution in [0.2, 0.25) is 10.2 Å². The number of aromatic nitrogens is 1. The maximum absolute atomic E-state index is 12.7. The zero-order valence-corrected chi connectivity index (χ0v) is 20.8.